The maximum absolute atomic E-state index is 13.0. The standard InChI is InChI=1S/C22H26ClF5N4O2S.C7H7F/c23-17-7-13(1-2-16(17)19(33)32-11-21(24,25)12-32)29-14-9-31(10-14)15-3-5-30(6-4-15)20(34)18(35)8-22(26,27)28;1-6-3-2-4-7(8)5-6/h1-2,7,14-15,18,29,35H,3-6,8-12H2;2-5H,1H3. The molecule has 2 amide bonds. The van der Waals surface area contributed by atoms with Gasteiger partial charge in [0.1, 0.15) is 5.82 Å². The van der Waals surface area contributed by atoms with Gasteiger partial charge in [-0.15, -0.1) is 0 Å². The highest BCUT2D eigenvalue weighted by Gasteiger charge is 2.46. The molecule has 43 heavy (non-hydrogen) atoms. The van der Waals surface area contributed by atoms with Crippen molar-refractivity contribution in [2.45, 2.75) is 55.6 Å². The zero-order chi connectivity index (χ0) is 31.5. The van der Waals surface area contributed by atoms with E-state index in [4.69, 9.17) is 11.6 Å². The molecular weight excluding hydrogens is 618 g/mol. The highest BCUT2D eigenvalue weighted by Crippen LogP contribution is 2.32. The summed E-state index contributed by atoms with van der Waals surface area (Å²) in [6.45, 7) is 2.98. The number of nitrogens with zero attached hydrogens (tertiary/aromatic N) is 3. The van der Waals surface area contributed by atoms with E-state index in [2.05, 4.69) is 22.8 Å². The molecule has 0 saturated carbocycles. The SMILES string of the molecule is Cc1cccc(F)c1.O=C(c1ccc(NC2CN(C3CCN(C(=O)C(S)CC(F)(F)F)CC3)C2)cc1Cl)N1CC(F)(F)C1. The van der Waals surface area contributed by atoms with Crippen LogP contribution >= 0.6 is 24.2 Å². The van der Waals surface area contributed by atoms with E-state index in [0.29, 0.717) is 25.9 Å². The van der Waals surface area contributed by atoms with Gasteiger partial charge in [0.25, 0.3) is 11.8 Å². The molecule has 1 unspecified atom stereocenters. The van der Waals surface area contributed by atoms with E-state index in [1.165, 1.54) is 23.1 Å². The minimum atomic E-state index is -4.42. The normalized spacial score (nSPS) is 19.9. The molecule has 3 aliphatic rings. The molecule has 14 heteroatoms. The Hall–Kier alpha value is -2.64. The van der Waals surface area contributed by atoms with Crippen molar-refractivity contribution in [2.75, 3.05) is 44.6 Å². The zero-order valence-corrected chi connectivity index (χ0v) is 25.0. The molecule has 236 valence electrons. The Morgan fingerprint density at radius 2 is 1.72 bits per heavy atom. The Kier molecular flexibility index (Phi) is 10.5. The number of halogens is 7. The van der Waals surface area contributed by atoms with Crippen LogP contribution in [0, 0.1) is 12.7 Å². The molecule has 2 aromatic rings. The fourth-order valence-corrected chi connectivity index (χ4v) is 5.95. The van der Waals surface area contributed by atoms with Crippen LogP contribution < -0.4 is 5.32 Å². The second-order valence-electron chi connectivity index (χ2n) is 11.2. The first-order valence-electron chi connectivity index (χ1n) is 13.8. The summed E-state index contributed by atoms with van der Waals surface area (Å²) in [6, 6.07) is 11.7. The number of benzene rings is 2. The molecule has 0 bridgehead atoms. The van der Waals surface area contributed by atoms with E-state index in [1.54, 1.807) is 18.2 Å². The largest absolute Gasteiger partial charge is 0.390 e. The molecule has 6 nitrogen and oxygen atoms in total. The summed E-state index contributed by atoms with van der Waals surface area (Å²) in [5.41, 5.74) is 1.86. The van der Waals surface area contributed by atoms with Crippen molar-refractivity contribution in [3.63, 3.8) is 0 Å². The average molecular weight is 651 g/mol. The number of likely N-dealkylation sites (tertiary alicyclic amines) is 3. The van der Waals surface area contributed by atoms with Gasteiger partial charge in [0.2, 0.25) is 5.91 Å². The van der Waals surface area contributed by atoms with E-state index in [-0.39, 0.29) is 28.5 Å². The second kappa shape index (κ2) is 13.6. The van der Waals surface area contributed by atoms with Gasteiger partial charge in [0, 0.05) is 37.9 Å². The van der Waals surface area contributed by atoms with E-state index in [1.807, 2.05) is 13.0 Å². The van der Waals surface area contributed by atoms with Crippen molar-refractivity contribution >= 4 is 41.7 Å². The van der Waals surface area contributed by atoms with Gasteiger partial charge < -0.3 is 15.1 Å². The predicted molar refractivity (Wildman–Crippen MR) is 155 cm³/mol. The van der Waals surface area contributed by atoms with Crippen molar-refractivity contribution in [3.8, 4) is 0 Å². The smallest absolute Gasteiger partial charge is 0.380 e. The third-order valence-electron chi connectivity index (χ3n) is 7.59. The van der Waals surface area contributed by atoms with Gasteiger partial charge >= 0.3 is 6.18 Å². The first kappa shape index (κ1) is 33.3. The molecule has 0 aliphatic carbocycles. The van der Waals surface area contributed by atoms with Crippen molar-refractivity contribution in [1.29, 1.82) is 0 Å². The molecule has 0 radical (unpaired) electrons. The van der Waals surface area contributed by atoms with Crippen LogP contribution in [0.3, 0.4) is 0 Å². The molecule has 0 spiro atoms. The fraction of sp³-hybridized carbons (Fsp3) is 0.517. The summed E-state index contributed by atoms with van der Waals surface area (Å²) in [7, 11) is 0. The van der Waals surface area contributed by atoms with Crippen LogP contribution in [0.4, 0.5) is 32.0 Å². The molecule has 3 aliphatic heterocycles. The van der Waals surface area contributed by atoms with E-state index in [9.17, 15) is 35.9 Å². The van der Waals surface area contributed by atoms with E-state index in [0.717, 1.165) is 29.2 Å². The molecule has 0 aromatic heterocycles. The number of anilines is 1. The number of thiol groups is 1. The molecule has 3 saturated heterocycles. The summed E-state index contributed by atoms with van der Waals surface area (Å²) >= 11 is 10.1. The predicted octanol–water partition coefficient (Wildman–Crippen LogP) is 5.90. The Morgan fingerprint density at radius 1 is 1.07 bits per heavy atom. The van der Waals surface area contributed by atoms with Crippen LogP contribution in [0.15, 0.2) is 42.5 Å². The van der Waals surface area contributed by atoms with Crippen molar-refractivity contribution in [2.24, 2.45) is 0 Å². The molecule has 1 N–H and O–H groups in total. The Balaban J connectivity index is 0.000000458. The fourth-order valence-electron chi connectivity index (χ4n) is 5.32. The first-order chi connectivity index (χ1) is 20.1. The van der Waals surface area contributed by atoms with Gasteiger partial charge in [-0.25, -0.2) is 13.2 Å². The maximum atomic E-state index is 13.0. The number of aryl methyl sites for hydroxylation is 1. The number of alkyl halides is 5. The van der Waals surface area contributed by atoms with E-state index >= 15 is 0 Å². The number of amides is 2. The van der Waals surface area contributed by atoms with Gasteiger partial charge in [0.05, 0.1) is 41.4 Å². The zero-order valence-electron chi connectivity index (χ0n) is 23.4. The summed E-state index contributed by atoms with van der Waals surface area (Å²) in [5, 5.41) is 2.16. The van der Waals surface area contributed by atoms with Crippen molar-refractivity contribution in [1.82, 2.24) is 14.7 Å². The summed E-state index contributed by atoms with van der Waals surface area (Å²) in [4.78, 5) is 29.3. The lowest BCUT2D eigenvalue weighted by Gasteiger charge is -2.47. The second-order valence-corrected chi connectivity index (χ2v) is 12.2. The molecule has 1 atom stereocenters. The molecular formula is C29H33ClF6N4O2S. The molecule has 2 aromatic carbocycles. The first-order valence-corrected chi connectivity index (χ1v) is 14.7. The molecule has 3 heterocycles. The summed E-state index contributed by atoms with van der Waals surface area (Å²) in [6.07, 6.45) is -4.29. The Bertz CT molecular complexity index is 1280. The van der Waals surface area contributed by atoms with Crippen LogP contribution in [0.5, 0.6) is 0 Å². The van der Waals surface area contributed by atoms with Gasteiger partial charge in [-0.05, 0) is 55.7 Å². The lowest BCUT2D eigenvalue weighted by molar-refractivity contribution is -0.148. The lowest BCUT2D eigenvalue weighted by Crippen LogP contribution is -2.60. The number of carbonyl (C=O) groups excluding carboxylic acids is 2. The number of rotatable bonds is 6. The Morgan fingerprint density at radius 3 is 2.23 bits per heavy atom. The molecule has 3 fully saturated rings. The van der Waals surface area contributed by atoms with Crippen LogP contribution in [-0.4, -0.2) is 95.2 Å². The van der Waals surface area contributed by atoms with Gasteiger partial charge in [-0.2, -0.15) is 25.8 Å². The topological polar surface area (TPSA) is 55.9 Å². The van der Waals surface area contributed by atoms with Gasteiger partial charge in [0.15, 0.2) is 0 Å². The number of piperidine rings is 1. The number of hydrogen-bond donors (Lipinski definition) is 2. The van der Waals surface area contributed by atoms with Crippen LogP contribution in [0.25, 0.3) is 0 Å². The minimum Gasteiger partial charge on any atom is -0.380 e. The van der Waals surface area contributed by atoms with Crippen LogP contribution in [0.2, 0.25) is 5.02 Å². The van der Waals surface area contributed by atoms with E-state index < -0.39 is 48.7 Å². The van der Waals surface area contributed by atoms with Crippen LogP contribution in [0.1, 0.15) is 35.2 Å². The third kappa shape index (κ3) is 9.18. The highest BCUT2D eigenvalue weighted by atomic mass is 35.5. The Labute approximate surface area is 256 Å². The number of carbonyl (C=O) groups is 2. The van der Waals surface area contributed by atoms with Crippen molar-refractivity contribution in [3.05, 3.63) is 64.4 Å². The maximum Gasteiger partial charge on any atom is 0.390 e. The minimum absolute atomic E-state index is 0.148. The van der Waals surface area contributed by atoms with Crippen LogP contribution in [-0.2, 0) is 4.79 Å². The quantitative estimate of drug-likeness (QED) is 0.302. The lowest BCUT2D eigenvalue weighted by atomic mass is 9.97. The number of nitrogens with one attached hydrogen (secondary N) is 1. The monoisotopic (exact) mass is 650 g/mol. The average Bonchev–Trinajstić information content (AvgIpc) is 2.88. The highest BCUT2D eigenvalue weighted by molar-refractivity contribution is 7.81. The van der Waals surface area contributed by atoms with Gasteiger partial charge in [-0.3, -0.25) is 14.5 Å². The molecule has 5 rings (SSSR count). The number of hydrogen-bond acceptors (Lipinski definition) is 5. The summed E-state index contributed by atoms with van der Waals surface area (Å²) in [5.74, 6) is -4.10. The summed E-state index contributed by atoms with van der Waals surface area (Å²) < 4.78 is 75.8. The third-order valence-corrected chi connectivity index (χ3v) is 8.31. The van der Waals surface area contributed by atoms with Gasteiger partial charge in [-0.1, -0.05) is 23.7 Å². The van der Waals surface area contributed by atoms with Crippen molar-refractivity contribution < 1.29 is 35.9 Å².